The molecular weight excluding hydrogens is 340 g/mol. The van der Waals surface area contributed by atoms with E-state index in [1.807, 2.05) is 44.4 Å². The van der Waals surface area contributed by atoms with Gasteiger partial charge in [-0.3, -0.25) is 4.90 Å². The van der Waals surface area contributed by atoms with Gasteiger partial charge in [-0.25, -0.2) is 9.78 Å². The van der Waals surface area contributed by atoms with Crippen LogP contribution < -0.4 is 0 Å². The Balaban J connectivity index is 1.57. The van der Waals surface area contributed by atoms with E-state index in [2.05, 4.69) is 14.5 Å². The van der Waals surface area contributed by atoms with Gasteiger partial charge >= 0.3 is 6.09 Å². The number of carbonyl (C=O) groups is 1. The van der Waals surface area contributed by atoms with E-state index in [1.165, 1.54) is 32.1 Å². The van der Waals surface area contributed by atoms with Crippen LogP contribution in [0.25, 0.3) is 0 Å². The van der Waals surface area contributed by atoms with Gasteiger partial charge in [-0.15, -0.1) is 0 Å². The Bertz CT molecular complexity index is 568. The number of likely N-dealkylation sites (tertiary alicyclic amines) is 1. The van der Waals surface area contributed by atoms with Crippen LogP contribution in [-0.4, -0.2) is 62.8 Å². The first-order valence-corrected chi connectivity index (χ1v) is 10.6. The van der Waals surface area contributed by atoms with Crippen LogP contribution in [0.5, 0.6) is 0 Å². The third-order valence-electron chi connectivity index (χ3n) is 5.80. The van der Waals surface area contributed by atoms with E-state index in [9.17, 15) is 4.79 Å². The third kappa shape index (κ3) is 5.96. The minimum atomic E-state index is -0.424. The summed E-state index contributed by atoms with van der Waals surface area (Å²) in [5.74, 6) is 0. The number of amides is 1. The molecule has 0 N–H and O–H groups in total. The molecule has 0 bridgehead atoms. The number of hydrogen-bond acceptors (Lipinski definition) is 4. The van der Waals surface area contributed by atoms with Crippen molar-refractivity contribution < 1.29 is 9.53 Å². The van der Waals surface area contributed by atoms with Crippen LogP contribution in [0.1, 0.15) is 65.7 Å². The number of carbonyl (C=O) groups excluding carboxylic acids is 1. The summed E-state index contributed by atoms with van der Waals surface area (Å²) in [5, 5.41) is 0. The summed E-state index contributed by atoms with van der Waals surface area (Å²) < 4.78 is 7.72. The van der Waals surface area contributed by atoms with Gasteiger partial charge in [0.05, 0.1) is 6.33 Å². The molecule has 1 aliphatic carbocycles. The Kier molecular flexibility index (Phi) is 6.79. The Labute approximate surface area is 163 Å². The number of piperidine rings is 1. The van der Waals surface area contributed by atoms with Crippen LogP contribution in [0.3, 0.4) is 0 Å². The van der Waals surface area contributed by atoms with Crippen LogP contribution in [0.4, 0.5) is 4.79 Å². The highest BCUT2D eigenvalue weighted by atomic mass is 16.6. The second-order valence-corrected chi connectivity index (χ2v) is 9.03. The van der Waals surface area contributed by atoms with Crippen molar-refractivity contribution in [3.63, 3.8) is 0 Å². The summed E-state index contributed by atoms with van der Waals surface area (Å²) >= 11 is 0. The normalized spacial score (nSPS) is 20.2. The Hall–Kier alpha value is -1.56. The predicted molar refractivity (Wildman–Crippen MR) is 107 cm³/mol. The lowest BCUT2D eigenvalue weighted by Gasteiger charge is -2.43. The highest BCUT2D eigenvalue weighted by molar-refractivity contribution is 5.68. The summed E-state index contributed by atoms with van der Waals surface area (Å²) in [6.07, 6.45) is 14.4. The number of nitrogens with zero attached hydrogens (tertiary/aromatic N) is 4. The monoisotopic (exact) mass is 376 g/mol. The number of rotatable bonds is 5. The van der Waals surface area contributed by atoms with Gasteiger partial charge in [-0.2, -0.15) is 0 Å². The zero-order valence-corrected chi connectivity index (χ0v) is 17.3. The fourth-order valence-electron chi connectivity index (χ4n) is 4.43. The van der Waals surface area contributed by atoms with Crippen LogP contribution >= 0.6 is 0 Å². The van der Waals surface area contributed by atoms with Gasteiger partial charge in [-0.1, -0.05) is 19.3 Å². The van der Waals surface area contributed by atoms with Crippen LogP contribution in [0.15, 0.2) is 18.7 Å². The molecule has 6 nitrogen and oxygen atoms in total. The second kappa shape index (κ2) is 9.09. The van der Waals surface area contributed by atoms with Gasteiger partial charge in [0.25, 0.3) is 0 Å². The molecule has 27 heavy (non-hydrogen) atoms. The number of imidazole rings is 1. The minimum absolute atomic E-state index is 0.163. The standard InChI is InChI=1S/C21H36N4O2/c1-21(2,3)27-20(26)24-12-9-19(10-13-24)25(18-7-5-4-6-8-18)16-15-23-14-11-22-17-23/h11,14,17-19H,4-10,12-13,15-16H2,1-3H3. The predicted octanol–water partition coefficient (Wildman–Crippen LogP) is 3.92. The molecule has 1 aliphatic heterocycles. The van der Waals surface area contributed by atoms with Gasteiger partial charge in [0.1, 0.15) is 5.60 Å². The molecular formula is C21H36N4O2. The van der Waals surface area contributed by atoms with E-state index in [0.29, 0.717) is 12.1 Å². The first-order chi connectivity index (χ1) is 12.9. The lowest BCUT2D eigenvalue weighted by molar-refractivity contribution is 0.00810. The largest absolute Gasteiger partial charge is 0.444 e. The second-order valence-electron chi connectivity index (χ2n) is 9.03. The van der Waals surface area contributed by atoms with Crippen molar-refractivity contribution >= 4 is 6.09 Å². The molecule has 1 saturated carbocycles. The Morgan fingerprint density at radius 3 is 2.37 bits per heavy atom. The molecule has 2 aliphatic rings. The zero-order valence-electron chi connectivity index (χ0n) is 17.3. The molecule has 0 aromatic carbocycles. The molecule has 0 spiro atoms. The van der Waals surface area contributed by atoms with Crippen molar-refractivity contribution in [2.75, 3.05) is 19.6 Å². The molecule has 1 aromatic heterocycles. The van der Waals surface area contributed by atoms with Crippen molar-refractivity contribution in [2.24, 2.45) is 0 Å². The quantitative estimate of drug-likeness (QED) is 0.782. The molecule has 2 heterocycles. The molecule has 2 fully saturated rings. The fraction of sp³-hybridized carbons (Fsp3) is 0.810. The van der Waals surface area contributed by atoms with Crippen molar-refractivity contribution in [3.05, 3.63) is 18.7 Å². The Morgan fingerprint density at radius 1 is 1.11 bits per heavy atom. The van der Waals surface area contributed by atoms with Gasteiger partial charge in [-0.05, 0) is 46.5 Å². The average Bonchev–Trinajstić information content (AvgIpc) is 3.15. The maximum atomic E-state index is 12.4. The summed E-state index contributed by atoms with van der Waals surface area (Å²) in [6.45, 7) is 9.44. The highest BCUT2D eigenvalue weighted by Gasteiger charge is 2.32. The fourth-order valence-corrected chi connectivity index (χ4v) is 4.43. The van der Waals surface area contributed by atoms with E-state index in [0.717, 1.165) is 39.0 Å². The molecule has 0 atom stereocenters. The van der Waals surface area contributed by atoms with Crippen LogP contribution in [-0.2, 0) is 11.3 Å². The van der Waals surface area contributed by atoms with Crippen LogP contribution in [0.2, 0.25) is 0 Å². The maximum Gasteiger partial charge on any atom is 0.410 e. The van der Waals surface area contributed by atoms with E-state index in [1.54, 1.807) is 0 Å². The lowest BCUT2D eigenvalue weighted by atomic mass is 9.91. The SMILES string of the molecule is CC(C)(C)OC(=O)N1CCC(N(CCn2ccnc2)C2CCCCC2)CC1. The van der Waals surface area contributed by atoms with Crippen molar-refractivity contribution in [1.82, 2.24) is 19.4 Å². The van der Waals surface area contributed by atoms with Gasteiger partial charge in [0, 0.05) is 50.7 Å². The molecule has 0 radical (unpaired) electrons. The number of ether oxygens (including phenoxy) is 1. The van der Waals surface area contributed by atoms with Gasteiger partial charge in [0.15, 0.2) is 0 Å². The Morgan fingerprint density at radius 2 is 1.78 bits per heavy atom. The topological polar surface area (TPSA) is 50.6 Å². The summed E-state index contributed by atoms with van der Waals surface area (Å²) in [6, 6.07) is 1.26. The first kappa shape index (κ1) is 20.2. The molecule has 3 rings (SSSR count). The number of aromatic nitrogens is 2. The molecule has 1 aromatic rings. The lowest BCUT2D eigenvalue weighted by Crippen LogP contribution is -2.52. The van der Waals surface area contributed by atoms with Crippen molar-refractivity contribution in [3.8, 4) is 0 Å². The van der Waals surface area contributed by atoms with E-state index < -0.39 is 5.60 Å². The molecule has 152 valence electrons. The molecule has 1 saturated heterocycles. The van der Waals surface area contributed by atoms with E-state index >= 15 is 0 Å². The van der Waals surface area contributed by atoms with E-state index in [-0.39, 0.29) is 6.09 Å². The van der Waals surface area contributed by atoms with Crippen LogP contribution in [0, 0.1) is 0 Å². The summed E-state index contributed by atoms with van der Waals surface area (Å²) in [5.41, 5.74) is -0.424. The van der Waals surface area contributed by atoms with Crippen molar-refractivity contribution in [1.29, 1.82) is 0 Å². The van der Waals surface area contributed by atoms with Gasteiger partial charge in [0.2, 0.25) is 0 Å². The minimum Gasteiger partial charge on any atom is -0.444 e. The number of hydrogen-bond donors (Lipinski definition) is 0. The van der Waals surface area contributed by atoms with Gasteiger partial charge < -0.3 is 14.2 Å². The molecule has 0 unspecified atom stereocenters. The molecule has 1 amide bonds. The third-order valence-corrected chi connectivity index (χ3v) is 5.80. The summed E-state index contributed by atoms with van der Waals surface area (Å²) in [7, 11) is 0. The van der Waals surface area contributed by atoms with Crippen molar-refractivity contribution in [2.45, 2.75) is 89.9 Å². The average molecular weight is 377 g/mol. The summed E-state index contributed by atoms with van der Waals surface area (Å²) in [4.78, 5) is 21.2. The maximum absolute atomic E-state index is 12.4. The van der Waals surface area contributed by atoms with E-state index in [4.69, 9.17) is 4.74 Å². The highest BCUT2D eigenvalue weighted by Crippen LogP contribution is 2.28. The molecule has 6 heteroatoms. The first-order valence-electron chi connectivity index (χ1n) is 10.6. The zero-order chi connectivity index (χ0) is 19.3. The smallest absolute Gasteiger partial charge is 0.410 e.